The summed E-state index contributed by atoms with van der Waals surface area (Å²) in [7, 11) is 0. The zero-order valence-electron chi connectivity index (χ0n) is 11.7. The van der Waals surface area contributed by atoms with Crippen LogP contribution in [0.1, 0.15) is 5.56 Å². The summed E-state index contributed by atoms with van der Waals surface area (Å²) in [4.78, 5) is 32.2. The molecule has 0 fully saturated rings. The van der Waals surface area contributed by atoms with E-state index in [0.29, 0.717) is 0 Å². The van der Waals surface area contributed by atoms with Gasteiger partial charge >= 0.3 is 0 Å². The third kappa shape index (κ3) is 4.21. The molecule has 0 bridgehead atoms. The Balaban J connectivity index is 2.12. The zero-order chi connectivity index (χ0) is 16.8. The third-order valence-corrected chi connectivity index (χ3v) is 2.87. The van der Waals surface area contributed by atoms with E-state index in [1.807, 2.05) is 0 Å². The van der Waals surface area contributed by atoms with Crippen molar-refractivity contribution >= 4 is 29.0 Å². The minimum atomic E-state index is -0.571. The molecule has 0 aliphatic carbocycles. The monoisotopic (exact) mass is 313 g/mol. The van der Waals surface area contributed by atoms with Gasteiger partial charge in [-0.25, -0.2) is 0 Å². The molecular formula is C15H11N3O5. The lowest BCUT2D eigenvalue weighted by Crippen LogP contribution is -2.07. The molecule has 0 spiro atoms. The molecule has 0 radical (unpaired) electrons. The van der Waals surface area contributed by atoms with Crippen molar-refractivity contribution < 1.29 is 14.6 Å². The first-order valence-electron chi connectivity index (χ1n) is 6.44. The first kappa shape index (κ1) is 15.8. The molecule has 0 aromatic heterocycles. The summed E-state index contributed by atoms with van der Waals surface area (Å²) in [5.41, 5.74) is 0.278. The number of benzene rings is 2. The molecule has 8 nitrogen and oxygen atoms in total. The molecule has 2 aromatic rings. The summed E-state index contributed by atoms with van der Waals surface area (Å²) in [5, 5.41) is 24.0. The van der Waals surface area contributed by atoms with E-state index in [2.05, 4.69) is 5.32 Å². The Hall–Kier alpha value is -3.55. The van der Waals surface area contributed by atoms with Crippen molar-refractivity contribution in [1.82, 2.24) is 0 Å². The van der Waals surface area contributed by atoms with Gasteiger partial charge in [-0.15, -0.1) is 0 Å². The molecule has 0 aliphatic heterocycles. The van der Waals surface area contributed by atoms with Crippen LogP contribution < -0.4 is 5.32 Å². The number of hydrogen-bond donors (Lipinski definition) is 1. The fraction of sp³-hybridized carbons (Fsp3) is 0. The highest BCUT2D eigenvalue weighted by Gasteiger charge is 2.10. The van der Waals surface area contributed by atoms with Crippen molar-refractivity contribution in [2.24, 2.45) is 0 Å². The molecule has 0 saturated heterocycles. The minimum Gasteiger partial charge on any atom is -0.322 e. The van der Waals surface area contributed by atoms with Crippen LogP contribution in [0.3, 0.4) is 0 Å². The number of para-hydroxylation sites is 1. The molecule has 0 saturated carbocycles. The van der Waals surface area contributed by atoms with Crippen LogP contribution in [0.15, 0.2) is 54.6 Å². The van der Waals surface area contributed by atoms with Gasteiger partial charge in [-0.2, -0.15) is 0 Å². The van der Waals surface area contributed by atoms with Crippen molar-refractivity contribution in [2.45, 2.75) is 0 Å². The van der Waals surface area contributed by atoms with Gasteiger partial charge in [-0.1, -0.05) is 18.2 Å². The summed E-state index contributed by atoms with van der Waals surface area (Å²) in [6.45, 7) is 0. The predicted molar refractivity (Wildman–Crippen MR) is 83.9 cm³/mol. The molecule has 116 valence electrons. The lowest BCUT2D eigenvalue weighted by atomic mass is 10.1. The fourth-order valence-electron chi connectivity index (χ4n) is 1.84. The van der Waals surface area contributed by atoms with Crippen LogP contribution in [-0.4, -0.2) is 15.8 Å². The molecule has 8 heteroatoms. The predicted octanol–water partition coefficient (Wildman–Crippen LogP) is 3.15. The maximum Gasteiger partial charge on any atom is 0.276 e. The molecule has 0 unspecified atom stereocenters. The SMILES string of the molecule is O=C(C=Cc1ccccc1[N+](=O)[O-])Nc1cccc([N+](=O)[O-])c1. The minimum absolute atomic E-state index is 0.119. The molecule has 2 rings (SSSR count). The van der Waals surface area contributed by atoms with E-state index in [9.17, 15) is 25.0 Å². The van der Waals surface area contributed by atoms with Crippen LogP contribution in [-0.2, 0) is 4.79 Å². The quantitative estimate of drug-likeness (QED) is 0.517. The van der Waals surface area contributed by atoms with Crippen molar-refractivity contribution in [3.05, 3.63) is 80.4 Å². The molecule has 0 aliphatic rings. The Bertz CT molecular complexity index is 801. The van der Waals surface area contributed by atoms with Crippen LogP contribution in [0.2, 0.25) is 0 Å². The maximum atomic E-state index is 11.8. The molecule has 1 N–H and O–H groups in total. The van der Waals surface area contributed by atoms with Gasteiger partial charge in [0, 0.05) is 30.0 Å². The first-order chi connectivity index (χ1) is 11.0. The highest BCUT2D eigenvalue weighted by molar-refractivity contribution is 6.02. The van der Waals surface area contributed by atoms with Gasteiger partial charge < -0.3 is 5.32 Å². The van der Waals surface area contributed by atoms with Gasteiger partial charge in [0.2, 0.25) is 5.91 Å². The second-order valence-electron chi connectivity index (χ2n) is 4.45. The number of nitrogens with zero attached hydrogens (tertiary/aromatic N) is 2. The zero-order valence-corrected chi connectivity index (χ0v) is 11.7. The van der Waals surface area contributed by atoms with Crippen LogP contribution in [0, 0.1) is 20.2 Å². The van der Waals surface area contributed by atoms with Crippen LogP contribution in [0.4, 0.5) is 17.1 Å². The van der Waals surface area contributed by atoms with E-state index in [0.717, 1.165) is 6.08 Å². The Morgan fingerprint density at radius 2 is 1.74 bits per heavy atom. The smallest absolute Gasteiger partial charge is 0.276 e. The highest BCUT2D eigenvalue weighted by atomic mass is 16.6. The molecule has 2 aromatic carbocycles. The number of carbonyl (C=O) groups excluding carboxylic acids is 1. The maximum absolute atomic E-state index is 11.8. The van der Waals surface area contributed by atoms with E-state index in [1.54, 1.807) is 6.07 Å². The number of non-ortho nitro benzene ring substituents is 1. The van der Waals surface area contributed by atoms with Crippen molar-refractivity contribution in [3.8, 4) is 0 Å². The molecule has 0 atom stereocenters. The summed E-state index contributed by atoms with van der Waals surface area (Å²) in [5.74, 6) is -0.552. The lowest BCUT2D eigenvalue weighted by Gasteiger charge is -2.01. The topological polar surface area (TPSA) is 115 Å². The van der Waals surface area contributed by atoms with Crippen LogP contribution in [0.25, 0.3) is 6.08 Å². The Kier molecular flexibility index (Phi) is 4.78. The van der Waals surface area contributed by atoms with Gasteiger partial charge in [0.15, 0.2) is 0 Å². The number of nitro benzene ring substituents is 2. The number of anilines is 1. The van der Waals surface area contributed by atoms with E-state index in [1.165, 1.54) is 48.5 Å². The van der Waals surface area contributed by atoms with E-state index in [4.69, 9.17) is 0 Å². The number of nitro groups is 2. The van der Waals surface area contributed by atoms with E-state index >= 15 is 0 Å². The Morgan fingerprint density at radius 1 is 1.00 bits per heavy atom. The number of rotatable bonds is 5. The molecular weight excluding hydrogens is 302 g/mol. The fourth-order valence-corrected chi connectivity index (χ4v) is 1.84. The van der Waals surface area contributed by atoms with Gasteiger partial charge in [-0.05, 0) is 18.2 Å². The highest BCUT2D eigenvalue weighted by Crippen LogP contribution is 2.20. The Morgan fingerprint density at radius 3 is 2.43 bits per heavy atom. The number of carbonyl (C=O) groups is 1. The Labute approximate surface area is 130 Å². The average molecular weight is 313 g/mol. The molecule has 0 heterocycles. The van der Waals surface area contributed by atoms with E-state index < -0.39 is 15.8 Å². The lowest BCUT2D eigenvalue weighted by molar-refractivity contribution is -0.385. The summed E-state index contributed by atoms with van der Waals surface area (Å²) in [6, 6.07) is 11.5. The average Bonchev–Trinajstić information content (AvgIpc) is 2.53. The standard InChI is InChI=1S/C15H11N3O5/c19-15(16-12-5-3-6-13(10-12)17(20)21)9-8-11-4-1-2-7-14(11)18(22)23/h1-10H,(H,16,19). The van der Waals surface area contributed by atoms with Gasteiger partial charge in [0.25, 0.3) is 11.4 Å². The van der Waals surface area contributed by atoms with E-state index in [-0.39, 0.29) is 22.6 Å². The third-order valence-electron chi connectivity index (χ3n) is 2.87. The van der Waals surface area contributed by atoms with Crippen LogP contribution in [0.5, 0.6) is 0 Å². The number of hydrogen-bond acceptors (Lipinski definition) is 5. The van der Waals surface area contributed by atoms with Crippen molar-refractivity contribution in [3.63, 3.8) is 0 Å². The van der Waals surface area contributed by atoms with Gasteiger partial charge in [0.05, 0.1) is 15.4 Å². The summed E-state index contributed by atoms with van der Waals surface area (Å²) < 4.78 is 0. The molecule has 1 amide bonds. The molecule has 23 heavy (non-hydrogen) atoms. The van der Waals surface area contributed by atoms with Gasteiger partial charge in [-0.3, -0.25) is 25.0 Å². The summed E-state index contributed by atoms with van der Waals surface area (Å²) >= 11 is 0. The second kappa shape index (κ2) is 6.94. The number of amides is 1. The number of nitrogens with one attached hydrogen (secondary N) is 1. The second-order valence-corrected chi connectivity index (χ2v) is 4.45. The van der Waals surface area contributed by atoms with Crippen LogP contribution >= 0.6 is 0 Å². The van der Waals surface area contributed by atoms with Crippen molar-refractivity contribution in [2.75, 3.05) is 5.32 Å². The van der Waals surface area contributed by atoms with Crippen molar-refractivity contribution in [1.29, 1.82) is 0 Å². The largest absolute Gasteiger partial charge is 0.322 e. The first-order valence-corrected chi connectivity index (χ1v) is 6.44. The normalized spacial score (nSPS) is 10.4. The van der Waals surface area contributed by atoms with Gasteiger partial charge in [0.1, 0.15) is 0 Å². The summed E-state index contributed by atoms with van der Waals surface area (Å²) in [6.07, 6.45) is 2.44.